The number of carbonyl (C=O) groups excluding carboxylic acids is 2. The van der Waals surface area contributed by atoms with Gasteiger partial charge in [0.2, 0.25) is 5.91 Å². The monoisotopic (exact) mass is 461 g/mol. The summed E-state index contributed by atoms with van der Waals surface area (Å²) < 4.78 is 0.867. The Bertz CT molecular complexity index is 1270. The molecule has 1 saturated carbocycles. The standard InChI is InChI=1S/C27H31N3O2S/c1-14(2)10-19-22(27(19,6)7)25(32)30-26-28-20-9-8-18(13-21(20)33-26)24(31)29-23-16(4)11-15(3)12-17(23)5/h8-13,19,22H,1-7H3,(H,29,31)(H,28,30,32)/t19-,22+/m0/s1. The van der Waals surface area contributed by atoms with Crippen LogP contribution in [0.25, 0.3) is 10.2 Å². The average molecular weight is 462 g/mol. The molecule has 2 atom stereocenters. The van der Waals surface area contributed by atoms with Gasteiger partial charge in [-0.05, 0) is 75.3 Å². The SMILES string of the molecule is CC(C)=C[C@H]1[C@H](C(=O)Nc2nc3ccc(C(=O)Nc4c(C)cc(C)cc4C)cc3s2)C1(C)C. The van der Waals surface area contributed by atoms with Gasteiger partial charge in [0.1, 0.15) is 0 Å². The Morgan fingerprint density at radius 1 is 1.03 bits per heavy atom. The predicted molar refractivity (Wildman–Crippen MR) is 137 cm³/mol. The van der Waals surface area contributed by atoms with E-state index in [4.69, 9.17) is 0 Å². The molecule has 0 saturated heterocycles. The van der Waals surface area contributed by atoms with Crippen LogP contribution in [0.4, 0.5) is 10.8 Å². The van der Waals surface area contributed by atoms with Crippen LogP contribution in [-0.2, 0) is 4.79 Å². The number of anilines is 2. The molecule has 1 aromatic heterocycles. The topological polar surface area (TPSA) is 71.1 Å². The first-order valence-electron chi connectivity index (χ1n) is 11.2. The Morgan fingerprint density at radius 3 is 2.33 bits per heavy atom. The van der Waals surface area contributed by atoms with Gasteiger partial charge in [-0.15, -0.1) is 0 Å². The number of aromatic nitrogens is 1. The minimum atomic E-state index is -0.157. The molecule has 2 amide bonds. The number of hydrogen-bond donors (Lipinski definition) is 2. The number of carbonyl (C=O) groups is 2. The highest BCUT2D eigenvalue weighted by Gasteiger charge is 2.60. The number of hydrogen-bond acceptors (Lipinski definition) is 4. The average Bonchev–Trinajstić information content (AvgIpc) is 3.04. The molecule has 5 nitrogen and oxygen atoms in total. The summed E-state index contributed by atoms with van der Waals surface area (Å²) in [5.74, 6) is 0.0441. The van der Waals surface area contributed by atoms with Crippen LogP contribution in [-0.4, -0.2) is 16.8 Å². The molecule has 3 aromatic rings. The molecule has 0 bridgehead atoms. The number of nitrogens with zero attached hydrogens (tertiary/aromatic N) is 1. The predicted octanol–water partition coefficient (Wildman–Crippen LogP) is 6.65. The van der Waals surface area contributed by atoms with E-state index in [9.17, 15) is 9.59 Å². The molecule has 1 heterocycles. The molecular weight excluding hydrogens is 430 g/mol. The van der Waals surface area contributed by atoms with E-state index in [0.717, 1.165) is 27.0 Å². The Kier molecular flexibility index (Phi) is 5.91. The molecule has 0 unspecified atom stereocenters. The molecule has 0 spiro atoms. The summed E-state index contributed by atoms with van der Waals surface area (Å²) in [7, 11) is 0. The van der Waals surface area contributed by atoms with Crippen LogP contribution in [0.1, 0.15) is 54.7 Å². The summed E-state index contributed by atoms with van der Waals surface area (Å²) in [5.41, 5.74) is 6.62. The summed E-state index contributed by atoms with van der Waals surface area (Å²) in [5, 5.41) is 6.61. The lowest BCUT2D eigenvalue weighted by molar-refractivity contribution is -0.118. The first-order chi connectivity index (χ1) is 15.5. The fourth-order valence-electron chi connectivity index (χ4n) is 4.71. The highest BCUT2D eigenvalue weighted by molar-refractivity contribution is 7.22. The van der Waals surface area contributed by atoms with Crippen molar-refractivity contribution in [1.82, 2.24) is 4.98 Å². The maximum absolute atomic E-state index is 12.9. The number of allylic oxidation sites excluding steroid dienone is 2. The fourth-order valence-corrected chi connectivity index (χ4v) is 5.62. The third-order valence-corrected chi connectivity index (χ3v) is 7.44. The normalized spacial score (nSPS) is 18.6. The van der Waals surface area contributed by atoms with Gasteiger partial charge in [-0.25, -0.2) is 4.98 Å². The van der Waals surface area contributed by atoms with Gasteiger partial charge in [0.05, 0.1) is 16.1 Å². The van der Waals surface area contributed by atoms with Crippen LogP contribution in [0.15, 0.2) is 42.0 Å². The largest absolute Gasteiger partial charge is 0.322 e. The van der Waals surface area contributed by atoms with Gasteiger partial charge < -0.3 is 10.6 Å². The summed E-state index contributed by atoms with van der Waals surface area (Å²) in [6.07, 6.45) is 2.19. The first kappa shape index (κ1) is 23.2. The molecule has 1 aliphatic carbocycles. The van der Waals surface area contributed by atoms with Crippen molar-refractivity contribution in [2.75, 3.05) is 10.6 Å². The molecule has 172 valence electrons. The lowest BCUT2D eigenvalue weighted by atomic mass is 10.0. The van der Waals surface area contributed by atoms with Gasteiger partial charge in [-0.3, -0.25) is 9.59 Å². The molecule has 1 fully saturated rings. The van der Waals surface area contributed by atoms with Crippen molar-refractivity contribution in [3.8, 4) is 0 Å². The van der Waals surface area contributed by atoms with Gasteiger partial charge in [0.25, 0.3) is 5.91 Å². The van der Waals surface area contributed by atoms with Crippen molar-refractivity contribution in [1.29, 1.82) is 0 Å². The van der Waals surface area contributed by atoms with Crippen molar-refractivity contribution in [2.45, 2.75) is 48.5 Å². The zero-order valence-corrected chi connectivity index (χ0v) is 21.1. The molecule has 33 heavy (non-hydrogen) atoms. The van der Waals surface area contributed by atoms with E-state index in [-0.39, 0.29) is 29.1 Å². The number of nitrogens with one attached hydrogen (secondary N) is 2. The highest BCUT2D eigenvalue weighted by atomic mass is 32.1. The molecule has 4 rings (SSSR count). The molecule has 6 heteroatoms. The number of fused-ring (bicyclic) bond motifs is 1. The molecule has 2 N–H and O–H groups in total. The number of aryl methyl sites for hydroxylation is 3. The third kappa shape index (κ3) is 4.58. The zero-order chi connectivity index (χ0) is 24.1. The van der Waals surface area contributed by atoms with Crippen LogP contribution < -0.4 is 10.6 Å². The molecule has 0 radical (unpaired) electrons. The summed E-state index contributed by atoms with van der Waals surface area (Å²) >= 11 is 1.39. The number of thiazole rings is 1. The smallest absolute Gasteiger partial charge is 0.255 e. The van der Waals surface area contributed by atoms with Crippen molar-refractivity contribution < 1.29 is 9.59 Å². The van der Waals surface area contributed by atoms with Crippen LogP contribution in [0.5, 0.6) is 0 Å². The minimum Gasteiger partial charge on any atom is -0.322 e. The highest BCUT2D eigenvalue weighted by Crippen LogP contribution is 2.59. The van der Waals surface area contributed by atoms with Gasteiger partial charge >= 0.3 is 0 Å². The van der Waals surface area contributed by atoms with Crippen LogP contribution in [0.2, 0.25) is 0 Å². The van der Waals surface area contributed by atoms with Crippen LogP contribution >= 0.6 is 11.3 Å². The Hall–Kier alpha value is -2.99. The molecular formula is C27H31N3O2S. The van der Waals surface area contributed by atoms with Gasteiger partial charge in [-0.1, -0.05) is 54.5 Å². The summed E-state index contributed by atoms with van der Waals surface area (Å²) in [6.45, 7) is 14.4. The zero-order valence-electron chi connectivity index (χ0n) is 20.3. The van der Waals surface area contributed by atoms with Crippen molar-refractivity contribution >= 4 is 44.2 Å². The Labute approximate surface area is 199 Å². The maximum Gasteiger partial charge on any atom is 0.255 e. The molecule has 1 aliphatic rings. The minimum absolute atomic E-state index is 0.00449. The summed E-state index contributed by atoms with van der Waals surface area (Å²) in [4.78, 5) is 30.4. The lowest BCUT2D eigenvalue weighted by Crippen LogP contribution is -2.16. The second-order valence-electron chi connectivity index (χ2n) is 9.99. The van der Waals surface area contributed by atoms with Gasteiger partial charge in [0.15, 0.2) is 5.13 Å². The Balaban J connectivity index is 1.51. The quantitative estimate of drug-likeness (QED) is 0.418. The number of amides is 2. The first-order valence-corrected chi connectivity index (χ1v) is 12.0. The van der Waals surface area contributed by atoms with Crippen molar-refractivity contribution in [2.24, 2.45) is 17.3 Å². The van der Waals surface area contributed by atoms with Crippen molar-refractivity contribution in [3.63, 3.8) is 0 Å². The third-order valence-electron chi connectivity index (χ3n) is 6.50. The Morgan fingerprint density at radius 2 is 1.70 bits per heavy atom. The molecule has 2 aromatic carbocycles. The van der Waals surface area contributed by atoms with E-state index >= 15 is 0 Å². The van der Waals surface area contributed by atoms with Gasteiger partial charge in [-0.2, -0.15) is 0 Å². The number of rotatable bonds is 5. The van der Waals surface area contributed by atoms with Crippen LogP contribution in [0.3, 0.4) is 0 Å². The van der Waals surface area contributed by atoms with E-state index in [1.165, 1.54) is 22.5 Å². The lowest BCUT2D eigenvalue weighted by Gasteiger charge is -2.12. The van der Waals surface area contributed by atoms with Gasteiger partial charge in [0, 0.05) is 11.3 Å². The van der Waals surface area contributed by atoms with Crippen LogP contribution in [0, 0.1) is 38.0 Å². The van der Waals surface area contributed by atoms with E-state index in [1.54, 1.807) is 6.07 Å². The fraction of sp³-hybridized carbons (Fsp3) is 0.370. The number of benzene rings is 2. The maximum atomic E-state index is 12.9. The van der Waals surface area contributed by atoms with E-state index in [1.807, 2.05) is 32.9 Å². The van der Waals surface area contributed by atoms with Crippen molar-refractivity contribution in [3.05, 3.63) is 64.2 Å². The second-order valence-corrected chi connectivity index (χ2v) is 11.0. The molecule has 0 aliphatic heterocycles. The second kappa shape index (κ2) is 8.41. The van der Waals surface area contributed by atoms with E-state index in [0.29, 0.717) is 10.7 Å². The summed E-state index contributed by atoms with van der Waals surface area (Å²) in [6, 6.07) is 9.57. The van der Waals surface area contributed by atoms with E-state index < -0.39 is 0 Å². The van der Waals surface area contributed by atoms with E-state index in [2.05, 4.69) is 61.5 Å².